The highest BCUT2D eigenvalue weighted by atomic mass is 16.5. The maximum atomic E-state index is 10.9. The molecular formula is C12H23NO2. The summed E-state index contributed by atoms with van der Waals surface area (Å²) in [6.45, 7) is 7.31. The normalized spacial score (nSPS) is 13.0. The van der Waals surface area contributed by atoms with Gasteiger partial charge in [0.2, 0.25) is 0 Å². The minimum Gasteiger partial charge on any atom is -0.463 e. The van der Waals surface area contributed by atoms with Gasteiger partial charge in [0.15, 0.2) is 0 Å². The standard InChI is InChI=1S/C12H23NO2/c1-4-6-8-11(3)13-10-7-9-12(14)15-5-2/h7,9,11,13H,4-6,8,10H2,1-3H3/b9-7+. The minimum absolute atomic E-state index is 0.263. The van der Waals surface area contributed by atoms with Gasteiger partial charge in [0, 0.05) is 18.7 Å². The third-order valence-electron chi connectivity index (χ3n) is 2.12. The number of unbranched alkanes of at least 4 members (excludes halogenated alkanes) is 1. The molecule has 0 spiro atoms. The van der Waals surface area contributed by atoms with E-state index in [4.69, 9.17) is 4.74 Å². The smallest absolute Gasteiger partial charge is 0.330 e. The van der Waals surface area contributed by atoms with Gasteiger partial charge in [0.05, 0.1) is 6.61 Å². The average molecular weight is 213 g/mol. The Morgan fingerprint density at radius 1 is 1.47 bits per heavy atom. The van der Waals surface area contributed by atoms with Crippen molar-refractivity contribution in [3.63, 3.8) is 0 Å². The second kappa shape index (κ2) is 9.71. The summed E-state index contributed by atoms with van der Waals surface area (Å²) in [5.41, 5.74) is 0. The van der Waals surface area contributed by atoms with Crippen LogP contribution in [-0.2, 0) is 9.53 Å². The summed E-state index contributed by atoms with van der Waals surface area (Å²) in [6.07, 6.45) is 6.94. The van der Waals surface area contributed by atoms with Gasteiger partial charge in [-0.25, -0.2) is 4.79 Å². The quantitative estimate of drug-likeness (QED) is 0.496. The van der Waals surface area contributed by atoms with Crippen LogP contribution in [0.1, 0.15) is 40.0 Å². The molecule has 3 heteroatoms. The first-order valence-corrected chi connectivity index (χ1v) is 5.77. The van der Waals surface area contributed by atoms with Crippen molar-refractivity contribution in [2.24, 2.45) is 0 Å². The lowest BCUT2D eigenvalue weighted by molar-refractivity contribution is -0.137. The molecule has 15 heavy (non-hydrogen) atoms. The zero-order valence-corrected chi connectivity index (χ0v) is 10.1. The molecule has 0 aromatic rings. The lowest BCUT2D eigenvalue weighted by Crippen LogP contribution is -2.25. The molecule has 0 heterocycles. The fourth-order valence-corrected chi connectivity index (χ4v) is 1.23. The van der Waals surface area contributed by atoms with Crippen LogP contribution < -0.4 is 5.32 Å². The summed E-state index contributed by atoms with van der Waals surface area (Å²) in [5.74, 6) is -0.263. The van der Waals surface area contributed by atoms with Crippen LogP contribution in [0.2, 0.25) is 0 Å². The van der Waals surface area contributed by atoms with Crippen LogP contribution in [0, 0.1) is 0 Å². The maximum Gasteiger partial charge on any atom is 0.330 e. The molecule has 0 rings (SSSR count). The van der Waals surface area contributed by atoms with Crippen molar-refractivity contribution < 1.29 is 9.53 Å². The maximum absolute atomic E-state index is 10.9. The highest BCUT2D eigenvalue weighted by Gasteiger charge is 1.98. The van der Waals surface area contributed by atoms with E-state index in [9.17, 15) is 4.79 Å². The van der Waals surface area contributed by atoms with Crippen LogP contribution in [0.15, 0.2) is 12.2 Å². The number of carbonyl (C=O) groups is 1. The Balaban J connectivity index is 3.47. The van der Waals surface area contributed by atoms with Crippen LogP contribution in [0.5, 0.6) is 0 Å². The minimum atomic E-state index is -0.263. The van der Waals surface area contributed by atoms with Crippen LogP contribution >= 0.6 is 0 Å². The van der Waals surface area contributed by atoms with E-state index in [0.717, 1.165) is 6.54 Å². The highest BCUT2D eigenvalue weighted by Crippen LogP contribution is 1.98. The summed E-state index contributed by atoms with van der Waals surface area (Å²) < 4.78 is 4.76. The summed E-state index contributed by atoms with van der Waals surface area (Å²) in [5, 5.41) is 3.32. The van der Waals surface area contributed by atoms with E-state index in [1.54, 1.807) is 13.0 Å². The Labute approximate surface area is 92.9 Å². The van der Waals surface area contributed by atoms with Crippen molar-refractivity contribution in [2.75, 3.05) is 13.2 Å². The molecule has 0 aliphatic heterocycles. The van der Waals surface area contributed by atoms with E-state index in [2.05, 4.69) is 19.2 Å². The molecule has 1 atom stereocenters. The SMILES string of the molecule is CCCCC(C)NC/C=C/C(=O)OCC. The predicted molar refractivity (Wildman–Crippen MR) is 62.8 cm³/mol. The molecule has 0 amide bonds. The Hall–Kier alpha value is -0.830. The van der Waals surface area contributed by atoms with Crippen LogP contribution in [0.25, 0.3) is 0 Å². The fourth-order valence-electron chi connectivity index (χ4n) is 1.23. The van der Waals surface area contributed by atoms with Gasteiger partial charge >= 0.3 is 5.97 Å². The van der Waals surface area contributed by atoms with Crippen LogP contribution in [-0.4, -0.2) is 25.2 Å². The molecular weight excluding hydrogens is 190 g/mol. The zero-order valence-electron chi connectivity index (χ0n) is 10.1. The number of rotatable bonds is 8. The number of esters is 1. The first kappa shape index (κ1) is 14.2. The Bertz CT molecular complexity index is 190. The first-order chi connectivity index (χ1) is 7.20. The molecule has 0 aliphatic carbocycles. The fraction of sp³-hybridized carbons (Fsp3) is 0.750. The molecule has 0 aromatic carbocycles. The van der Waals surface area contributed by atoms with Crippen molar-refractivity contribution in [1.29, 1.82) is 0 Å². The zero-order chi connectivity index (χ0) is 11.5. The molecule has 0 aromatic heterocycles. The van der Waals surface area contributed by atoms with Gasteiger partial charge in [-0.1, -0.05) is 25.8 Å². The molecule has 0 aliphatic rings. The van der Waals surface area contributed by atoms with Crippen molar-refractivity contribution in [3.8, 4) is 0 Å². The van der Waals surface area contributed by atoms with Crippen LogP contribution in [0.3, 0.4) is 0 Å². The van der Waals surface area contributed by atoms with Crippen molar-refractivity contribution in [1.82, 2.24) is 5.32 Å². The van der Waals surface area contributed by atoms with E-state index in [-0.39, 0.29) is 5.97 Å². The third-order valence-corrected chi connectivity index (χ3v) is 2.12. The Morgan fingerprint density at radius 3 is 2.80 bits per heavy atom. The molecule has 3 nitrogen and oxygen atoms in total. The largest absolute Gasteiger partial charge is 0.463 e. The number of nitrogens with one attached hydrogen (secondary N) is 1. The molecule has 0 radical (unpaired) electrons. The average Bonchev–Trinajstić information content (AvgIpc) is 2.22. The van der Waals surface area contributed by atoms with Crippen molar-refractivity contribution >= 4 is 5.97 Å². The summed E-state index contributed by atoms with van der Waals surface area (Å²) in [4.78, 5) is 10.9. The lowest BCUT2D eigenvalue weighted by atomic mass is 10.1. The van der Waals surface area contributed by atoms with E-state index >= 15 is 0 Å². The molecule has 88 valence electrons. The number of hydrogen-bond acceptors (Lipinski definition) is 3. The Kier molecular flexibility index (Phi) is 9.18. The van der Waals surface area contributed by atoms with Gasteiger partial charge in [-0.2, -0.15) is 0 Å². The van der Waals surface area contributed by atoms with Gasteiger partial charge in [-0.3, -0.25) is 0 Å². The van der Waals surface area contributed by atoms with Gasteiger partial charge in [0.25, 0.3) is 0 Å². The van der Waals surface area contributed by atoms with E-state index in [0.29, 0.717) is 12.6 Å². The summed E-state index contributed by atoms with van der Waals surface area (Å²) in [6, 6.07) is 0.511. The number of hydrogen-bond donors (Lipinski definition) is 1. The van der Waals surface area contributed by atoms with Crippen molar-refractivity contribution in [3.05, 3.63) is 12.2 Å². The lowest BCUT2D eigenvalue weighted by Gasteiger charge is -2.10. The summed E-state index contributed by atoms with van der Waals surface area (Å²) >= 11 is 0. The monoisotopic (exact) mass is 213 g/mol. The molecule has 0 fully saturated rings. The predicted octanol–water partition coefficient (Wildman–Crippen LogP) is 2.27. The van der Waals surface area contributed by atoms with E-state index in [1.807, 2.05) is 0 Å². The Morgan fingerprint density at radius 2 is 2.20 bits per heavy atom. The second-order valence-electron chi connectivity index (χ2n) is 3.61. The second-order valence-corrected chi connectivity index (χ2v) is 3.61. The van der Waals surface area contributed by atoms with Crippen molar-refractivity contribution in [2.45, 2.75) is 46.1 Å². The molecule has 1 N–H and O–H groups in total. The van der Waals surface area contributed by atoms with Gasteiger partial charge < -0.3 is 10.1 Å². The molecule has 1 unspecified atom stereocenters. The molecule has 0 saturated heterocycles. The topological polar surface area (TPSA) is 38.3 Å². The molecule has 0 saturated carbocycles. The third kappa shape index (κ3) is 9.47. The van der Waals surface area contributed by atoms with Gasteiger partial charge in [-0.15, -0.1) is 0 Å². The van der Waals surface area contributed by atoms with E-state index in [1.165, 1.54) is 25.3 Å². The summed E-state index contributed by atoms with van der Waals surface area (Å²) in [7, 11) is 0. The van der Waals surface area contributed by atoms with Gasteiger partial charge in [-0.05, 0) is 20.3 Å². The number of ether oxygens (including phenoxy) is 1. The van der Waals surface area contributed by atoms with Gasteiger partial charge in [0.1, 0.15) is 0 Å². The highest BCUT2D eigenvalue weighted by molar-refractivity contribution is 5.81. The van der Waals surface area contributed by atoms with Crippen LogP contribution in [0.4, 0.5) is 0 Å². The first-order valence-electron chi connectivity index (χ1n) is 5.77. The number of carbonyl (C=O) groups excluding carboxylic acids is 1. The van der Waals surface area contributed by atoms with E-state index < -0.39 is 0 Å². The molecule has 0 bridgehead atoms.